The molecule has 3 nitrogen and oxygen atoms in total. The Morgan fingerprint density at radius 2 is 2.05 bits per heavy atom. The van der Waals surface area contributed by atoms with Gasteiger partial charge in [0.1, 0.15) is 0 Å². The van der Waals surface area contributed by atoms with Crippen LogP contribution in [0, 0.1) is 5.92 Å². The average Bonchev–Trinajstić information content (AvgIpc) is 3.13. The number of carbonyl (C=O) groups excluding carboxylic acids is 1. The summed E-state index contributed by atoms with van der Waals surface area (Å²) in [5.41, 5.74) is 1.87. The number of hydrogen-bond donors (Lipinski definition) is 1. The van der Waals surface area contributed by atoms with Gasteiger partial charge in [-0.25, -0.2) is 0 Å². The van der Waals surface area contributed by atoms with E-state index in [2.05, 4.69) is 23.7 Å². The first-order valence-electron chi connectivity index (χ1n) is 8.04. The zero-order valence-corrected chi connectivity index (χ0v) is 12.9. The third-order valence-corrected chi connectivity index (χ3v) is 4.41. The van der Waals surface area contributed by atoms with Crippen molar-refractivity contribution in [2.24, 2.45) is 5.92 Å². The molecule has 0 radical (unpaired) electrons. The summed E-state index contributed by atoms with van der Waals surface area (Å²) in [6.45, 7) is 5.22. The van der Waals surface area contributed by atoms with Gasteiger partial charge in [0.05, 0.1) is 0 Å². The monoisotopic (exact) mass is 284 g/mol. The lowest BCUT2D eigenvalue weighted by Gasteiger charge is -2.31. The number of nitrogens with zero attached hydrogens (tertiary/aromatic N) is 1. The van der Waals surface area contributed by atoms with E-state index in [9.17, 15) is 4.79 Å². The molecule has 1 heterocycles. The summed E-state index contributed by atoms with van der Waals surface area (Å²) in [5, 5.41) is 1.04. The lowest BCUT2D eigenvalue weighted by atomic mass is 10.1. The zero-order valence-electron chi connectivity index (χ0n) is 12.9. The molecule has 2 aromatic rings. The van der Waals surface area contributed by atoms with Gasteiger partial charge in [-0.3, -0.25) is 4.79 Å². The molecular formula is C18H24N2O. The number of hydrogen-bond acceptors (Lipinski definition) is 1. The van der Waals surface area contributed by atoms with Crippen LogP contribution in [0.25, 0.3) is 10.9 Å². The van der Waals surface area contributed by atoms with E-state index in [1.54, 1.807) is 0 Å². The molecule has 1 amide bonds. The smallest absolute Gasteiger partial charge is 0.254 e. The second kappa shape index (κ2) is 5.92. The van der Waals surface area contributed by atoms with Crippen molar-refractivity contribution in [2.45, 2.75) is 45.6 Å². The minimum absolute atomic E-state index is 0.195. The van der Waals surface area contributed by atoms with E-state index in [4.69, 9.17) is 0 Å². The van der Waals surface area contributed by atoms with Gasteiger partial charge in [0, 0.05) is 35.2 Å². The minimum atomic E-state index is 0.195. The van der Waals surface area contributed by atoms with E-state index in [0.29, 0.717) is 12.0 Å². The van der Waals surface area contributed by atoms with Crippen molar-refractivity contribution >= 4 is 16.8 Å². The number of rotatable bonds is 4. The van der Waals surface area contributed by atoms with E-state index >= 15 is 0 Å². The van der Waals surface area contributed by atoms with Crippen molar-refractivity contribution < 1.29 is 4.79 Å². The van der Waals surface area contributed by atoms with Crippen molar-refractivity contribution in [3.8, 4) is 0 Å². The van der Waals surface area contributed by atoms with Crippen LogP contribution in [0.4, 0.5) is 0 Å². The molecule has 21 heavy (non-hydrogen) atoms. The maximum atomic E-state index is 13.1. The number of aromatic amines is 1. The Labute approximate surface area is 126 Å². The summed E-state index contributed by atoms with van der Waals surface area (Å²) < 4.78 is 0. The van der Waals surface area contributed by atoms with Crippen molar-refractivity contribution in [3.05, 3.63) is 36.0 Å². The molecule has 1 aliphatic carbocycles. The minimum Gasteiger partial charge on any atom is -0.361 e. The van der Waals surface area contributed by atoms with E-state index < -0.39 is 0 Å². The molecule has 1 aliphatic rings. The van der Waals surface area contributed by atoms with Crippen molar-refractivity contribution in [1.29, 1.82) is 0 Å². The second-order valence-electron chi connectivity index (χ2n) is 6.53. The van der Waals surface area contributed by atoms with Gasteiger partial charge < -0.3 is 9.88 Å². The highest BCUT2D eigenvalue weighted by Crippen LogP contribution is 2.27. The lowest BCUT2D eigenvalue weighted by molar-refractivity contribution is 0.0657. The highest BCUT2D eigenvalue weighted by molar-refractivity contribution is 6.06. The Morgan fingerprint density at radius 1 is 1.29 bits per heavy atom. The number of nitrogens with one attached hydrogen (secondary N) is 1. The fourth-order valence-electron chi connectivity index (χ4n) is 3.43. The van der Waals surface area contributed by atoms with Crippen LogP contribution in [0.15, 0.2) is 30.5 Å². The van der Waals surface area contributed by atoms with Crippen LogP contribution in [0.3, 0.4) is 0 Å². The molecule has 1 saturated carbocycles. The topological polar surface area (TPSA) is 36.1 Å². The molecule has 1 aromatic heterocycles. The van der Waals surface area contributed by atoms with Gasteiger partial charge in [0.15, 0.2) is 0 Å². The first-order valence-corrected chi connectivity index (χ1v) is 8.04. The van der Waals surface area contributed by atoms with Crippen molar-refractivity contribution in [3.63, 3.8) is 0 Å². The fourth-order valence-corrected chi connectivity index (χ4v) is 3.43. The predicted molar refractivity (Wildman–Crippen MR) is 86.4 cm³/mol. The summed E-state index contributed by atoms with van der Waals surface area (Å²) in [5.74, 6) is 0.695. The van der Waals surface area contributed by atoms with Crippen LogP contribution < -0.4 is 0 Å². The largest absolute Gasteiger partial charge is 0.361 e. The van der Waals surface area contributed by atoms with Crippen LogP contribution in [0.1, 0.15) is 49.9 Å². The number of aromatic nitrogens is 1. The summed E-state index contributed by atoms with van der Waals surface area (Å²) in [7, 11) is 0. The van der Waals surface area contributed by atoms with E-state index in [0.717, 1.165) is 35.9 Å². The second-order valence-corrected chi connectivity index (χ2v) is 6.53. The summed E-state index contributed by atoms with van der Waals surface area (Å²) in [6.07, 6.45) is 6.72. The Morgan fingerprint density at radius 3 is 2.76 bits per heavy atom. The predicted octanol–water partition coefficient (Wildman–Crippen LogP) is 4.21. The lowest BCUT2D eigenvalue weighted by Crippen LogP contribution is -2.41. The third kappa shape index (κ3) is 2.82. The summed E-state index contributed by atoms with van der Waals surface area (Å²) >= 11 is 0. The molecule has 1 N–H and O–H groups in total. The van der Waals surface area contributed by atoms with Gasteiger partial charge in [-0.05, 0) is 37.0 Å². The van der Waals surface area contributed by atoms with Gasteiger partial charge in [-0.15, -0.1) is 0 Å². The van der Waals surface area contributed by atoms with Crippen LogP contribution in [0.2, 0.25) is 0 Å². The number of amides is 1. The molecular weight excluding hydrogens is 260 g/mol. The number of carbonyl (C=O) groups is 1. The Balaban J connectivity index is 1.94. The highest BCUT2D eigenvalue weighted by atomic mass is 16.2. The van der Waals surface area contributed by atoms with Gasteiger partial charge in [-0.2, -0.15) is 0 Å². The van der Waals surface area contributed by atoms with E-state index in [-0.39, 0.29) is 5.91 Å². The summed E-state index contributed by atoms with van der Waals surface area (Å²) in [6, 6.07) is 8.38. The van der Waals surface area contributed by atoms with Crippen LogP contribution in [0.5, 0.6) is 0 Å². The first kappa shape index (κ1) is 14.2. The molecule has 0 bridgehead atoms. The third-order valence-electron chi connectivity index (χ3n) is 4.41. The maximum absolute atomic E-state index is 13.1. The molecule has 0 spiro atoms. The summed E-state index contributed by atoms with van der Waals surface area (Å²) in [4.78, 5) is 18.4. The molecule has 3 rings (SSSR count). The Kier molecular flexibility index (Phi) is 4.00. The molecule has 0 aliphatic heterocycles. The van der Waals surface area contributed by atoms with Gasteiger partial charge >= 0.3 is 0 Å². The standard InChI is InChI=1S/C18H24N2O/c1-13(2)12-20(14-6-3-4-7-14)18(21)16-8-5-9-17-15(16)10-11-19-17/h5,8-11,13-14,19H,3-4,6-7,12H2,1-2H3. The van der Waals surface area contributed by atoms with Crippen molar-refractivity contribution in [2.75, 3.05) is 6.54 Å². The SMILES string of the molecule is CC(C)CN(C(=O)c1cccc2[nH]ccc12)C1CCCC1. The molecule has 1 fully saturated rings. The average molecular weight is 284 g/mol. The Bertz CT molecular complexity index is 623. The molecule has 3 heteroatoms. The number of benzene rings is 1. The quantitative estimate of drug-likeness (QED) is 0.897. The number of fused-ring (bicyclic) bond motifs is 1. The Hall–Kier alpha value is -1.77. The van der Waals surface area contributed by atoms with Crippen LogP contribution in [-0.4, -0.2) is 28.4 Å². The van der Waals surface area contributed by atoms with Gasteiger partial charge in [0.25, 0.3) is 5.91 Å². The van der Waals surface area contributed by atoms with Gasteiger partial charge in [0.2, 0.25) is 0 Å². The molecule has 1 aromatic carbocycles. The van der Waals surface area contributed by atoms with Crippen LogP contribution in [-0.2, 0) is 0 Å². The van der Waals surface area contributed by atoms with E-state index in [1.165, 1.54) is 12.8 Å². The number of H-pyrrole nitrogens is 1. The van der Waals surface area contributed by atoms with Crippen molar-refractivity contribution in [1.82, 2.24) is 9.88 Å². The maximum Gasteiger partial charge on any atom is 0.254 e. The highest BCUT2D eigenvalue weighted by Gasteiger charge is 2.28. The normalized spacial score (nSPS) is 16.0. The first-order chi connectivity index (χ1) is 10.2. The van der Waals surface area contributed by atoms with Crippen LogP contribution >= 0.6 is 0 Å². The molecule has 112 valence electrons. The van der Waals surface area contributed by atoms with E-state index in [1.807, 2.05) is 30.5 Å². The molecule has 0 unspecified atom stereocenters. The molecule has 0 saturated heterocycles. The zero-order chi connectivity index (χ0) is 14.8. The fraction of sp³-hybridized carbons (Fsp3) is 0.500. The van der Waals surface area contributed by atoms with Gasteiger partial charge in [-0.1, -0.05) is 32.8 Å². The molecule has 0 atom stereocenters.